The Labute approximate surface area is 146 Å². The van der Waals surface area contributed by atoms with Crippen molar-refractivity contribution < 1.29 is 13.2 Å². The van der Waals surface area contributed by atoms with Gasteiger partial charge in [-0.15, -0.1) is 11.8 Å². The number of hydrogen-bond acceptors (Lipinski definition) is 5. The molecule has 3 rings (SSSR count). The van der Waals surface area contributed by atoms with E-state index in [0.717, 1.165) is 22.5 Å². The molecule has 3 aromatic rings. The number of benzene rings is 1. The Hall–Kier alpha value is -2.35. The van der Waals surface area contributed by atoms with Crippen molar-refractivity contribution in [1.29, 1.82) is 0 Å². The molecule has 0 fully saturated rings. The van der Waals surface area contributed by atoms with Gasteiger partial charge in [-0.2, -0.15) is 13.2 Å². The minimum absolute atomic E-state index is 0.229. The summed E-state index contributed by atoms with van der Waals surface area (Å²) < 4.78 is 38.5. The first-order valence-electron chi connectivity index (χ1n) is 7.45. The van der Waals surface area contributed by atoms with Crippen molar-refractivity contribution in [3.8, 4) is 0 Å². The first kappa shape index (κ1) is 17.5. The third-order valence-corrected chi connectivity index (χ3v) is 4.23. The summed E-state index contributed by atoms with van der Waals surface area (Å²) in [6, 6.07) is 7.11. The zero-order chi connectivity index (χ0) is 18.0. The van der Waals surface area contributed by atoms with Crippen molar-refractivity contribution in [2.45, 2.75) is 24.7 Å². The van der Waals surface area contributed by atoms with Crippen LogP contribution in [0.25, 0.3) is 10.9 Å². The number of alkyl halides is 3. The molecule has 25 heavy (non-hydrogen) atoms. The molecule has 0 radical (unpaired) electrons. The number of hydrogen-bond donors (Lipinski definition) is 1. The molecule has 0 amide bonds. The number of thioether (sulfide) groups is 1. The Bertz CT molecular complexity index is 912. The van der Waals surface area contributed by atoms with E-state index >= 15 is 0 Å². The molecule has 0 bridgehead atoms. The molecule has 2 aromatic heterocycles. The lowest BCUT2D eigenvalue weighted by atomic mass is 10.1. The van der Waals surface area contributed by atoms with Gasteiger partial charge in [-0.1, -0.05) is 12.1 Å². The first-order valence-corrected chi connectivity index (χ1v) is 8.67. The minimum atomic E-state index is -4.35. The highest BCUT2D eigenvalue weighted by Gasteiger charge is 2.30. The Balaban J connectivity index is 1.90. The van der Waals surface area contributed by atoms with E-state index in [1.807, 2.05) is 12.3 Å². The van der Waals surface area contributed by atoms with Crippen LogP contribution >= 0.6 is 11.8 Å². The number of aryl methyl sites for hydroxylation is 1. The van der Waals surface area contributed by atoms with E-state index in [2.05, 4.69) is 20.3 Å². The molecule has 130 valence electrons. The van der Waals surface area contributed by atoms with Crippen LogP contribution < -0.4 is 5.32 Å². The van der Waals surface area contributed by atoms with Crippen LogP contribution in [0, 0.1) is 6.92 Å². The lowest BCUT2D eigenvalue weighted by molar-refractivity contribution is -0.137. The normalized spacial score (nSPS) is 11.7. The van der Waals surface area contributed by atoms with Gasteiger partial charge in [-0.25, -0.2) is 15.0 Å². The van der Waals surface area contributed by atoms with Gasteiger partial charge in [-0.3, -0.25) is 0 Å². The average Bonchev–Trinajstić information content (AvgIpc) is 2.58. The van der Waals surface area contributed by atoms with Gasteiger partial charge < -0.3 is 5.32 Å². The zero-order valence-electron chi connectivity index (χ0n) is 13.6. The van der Waals surface area contributed by atoms with Crippen LogP contribution in [0.5, 0.6) is 0 Å². The maximum atomic E-state index is 12.8. The number of rotatable bonds is 4. The van der Waals surface area contributed by atoms with Gasteiger partial charge in [0.2, 0.25) is 0 Å². The molecule has 0 aliphatic carbocycles. The summed E-state index contributed by atoms with van der Waals surface area (Å²) in [5.41, 5.74) is 0.555. The average molecular weight is 364 g/mol. The molecule has 2 heterocycles. The molecule has 0 unspecified atom stereocenters. The van der Waals surface area contributed by atoms with Crippen molar-refractivity contribution in [2.24, 2.45) is 0 Å². The van der Waals surface area contributed by atoms with Gasteiger partial charge in [0.05, 0.1) is 22.3 Å². The Kier molecular flexibility index (Phi) is 4.80. The van der Waals surface area contributed by atoms with Crippen molar-refractivity contribution >= 4 is 28.5 Å². The van der Waals surface area contributed by atoms with Gasteiger partial charge in [0.15, 0.2) is 0 Å². The van der Waals surface area contributed by atoms with E-state index in [1.165, 1.54) is 17.8 Å². The van der Waals surface area contributed by atoms with Gasteiger partial charge in [0, 0.05) is 11.9 Å². The lowest BCUT2D eigenvalue weighted by Gasteiger charge is -2.12. The third-order valence-electron chi connectivity index (χ3n) is 3.59. The molecule has 1 aromatic carbocycles. The molecule has 1 N–H and O–H groups in total. The van der Waals surface area contributed by atoms with Gasteiger partial charge in [0.25, 0.3) is 0 Å². The highest BCUT2D eigenvalue weighted by Crippen LogP contribution is 2.30. The number of halogens is 3. The number of anilines is 1. The molecule has 0 spiro atoms. The van der Waals surface area contributed by atoms with Crippen LogP contribution in [0.1, 0.15) is 17.0 Å². The first-order chi connectivity index (χ1) is 11.9. The van der Waals surface area contributed by atoms with Crippen LogP contribution in [0.3, 0.4) is 0 Å². The Morgan fingerprint density at radius 3 is 2.68 bits per heavy atom. The maximum absolute atomic E-state index is 12.8. The molecule has 0 aliphatic heterocycles. The predicted octanol–water partition coefficient (Wildman–Crippen LogP) is 4.69. The van der Waals surface area contributed by atoms with E-state index in [1.54, 1.807) is 19.2 Å². The number of pyridine rings is 1. The van der Waals surface area contributed by atoms with Crippen LogP contribution in [-0.2, 0) is 12.7 Å². The maximum Gasteiger partial charge on any atom is 0.416 e. The molecule has 4 nitrogen and oxygen atoms in total. The molecule has 8 heteroatoms. The standard InChI is InChI=1S/C17H15F3N4S/c1-10-23-14-9-21-15(25-2)7-13(14)16(24-10)22-8-11-4-3-5-12(6-11)17(18,19)20/h3-7,9H,8H2,1-2H3,(H,22,23,24). The number of nitrogens with one attached hydrogen (secondary N) is 1. The molecule has 0 saturated heterocycles. The second kappa shape index (κ2) is 6.87. The highest BCUT2D eigenvalue weighted by atomic mass is 32.2. The Morgan fingerprint density at radius 2 is 1.96 bits per heavy atom. The molecular weight excluding hydrogens is 349 g/mol. The van der Waals surface area contributed by atoms with E-state index in [4.69, 9.17) is 0 Å². The summed E-state index contributed by atoms with van der Waals surface area (Å²) in [7, 11) is 0. The van der Waals surface area contributed by atoms with Crippen LogP contribution in [0.4, 0.5) is 19.0 Å². The van der Waals surface area contributed by atoms with E-state index in [-0.39, 0.29) is 6.54 Å². The third kappa shape index (κ3) is 4.01. The summed E-state index contributed by atoms with van der Waals surface area (Å²) in [4.78, 5) is 13.0. The lowest BCUT2D eigenvalue weighted by Crippen LogP contribution is -2.08. The smallest absolute Gasteiger partial charge is 0.365 e. The van der Waals surface area contributed by atoms with Crippen LogP contribution in [-0.4, -0.2) is 21.2 Å². The molecule has 0 saturated carbocycles. The van der Waals surface area contributed by atoms with Gasteiger partial charge in [-0.05, 0) is 36.9 Å². The summed E-state index contributed by atoms with van der Waals surface area (Å²) in [5.74, 6) is 1.15. The fourth-order valence-electron chi connectivity index (χ4n) is 2.42. The monoisotopic (exact) mass is 364 g/mol. The second-order valence-electron chi connectivity index (χ2n) is 5.41. The fourth-order valence-corrected chi connectivity index (χ4v) is 2.81. The van der Waals surface area contributed by atoms with Gasteiger partial charge in [0.1, 0.15) is 11.6 Å². The van der Waals surface area contributed by atoms with Crippen molar-refractivity contribution in [1.82, 2.24) is 15.0 Å². The predicted molar refractivity (Wildman–Crippen MR) is 92.6 cm³/mol. The minimum Gasteiger partial charge on any atom is -0.365 e. The Morgan fingerprint density at radius 1 is 1.16 bits per heavy atom. The van der Waals surface area contributed by atoms with Crippen LogP contribution in [0.2, 0.25) is 0 Å². The summed E-state index contributed by atoms with van der Waals surface area (Å²) >= 11 is 1.50. The van der Waals surface area contributed by atoms with Crippen molar-refractivity contribution in [2.75, 3.05) is 11.6 Å². The van der Waals surface area contributed by atoms with Crippen LogP contribution in [0.15, 0.2) is 41.6 Å². The fraction of sp³-hybridized carbons (Fsp3) is 0.235. The highest BCUT2D eigenvalue weighted by molar-refractivity contribution is 7.98. The van der Waals surface area contributed by atoms with Crippen molar-refractivity contribution in [3.63, 3.8) is 0 Å². The number of fused-ring (bicyclic) bond motifs is 1. The van der Waals surface area contributed by atoms with Crippen molar-refractivity contribution in [3.05, 3.63) is 53.5 Å². The van der Waals surface area contributed by atoms with E-state index in [9.17, 15) is 13.2 Å². The second-order valence-corrected chi connectivity index (χ2v) is 6.24. The molecule has 0 aliphatic rings. The zero-order valence-corrected chi connectivity index (χ0v) is 14.4. The SMILES string of the molecule is CSc1cc2c(NCc3cccc(C(F)(F)F)c3)nc(C)nc2cn1. The quantitative estimate of drug-likeness (QED) is 0.681. The molecule has 0 atom stereocenters. The number of aromatic nitrogens is 3. The van der Waals surface area contributed by atoms with E-state index < -0.39 is 11.7 Å². The number of nitrogens with zero attached hydrogens (tertiary/aromatic N) is 3. The summed E-state index contributed by atoms with van der Waals surface area (Å²) in [6.45, 7) is 1.99. The largest absolute Gasteiger partial charge is 0.416 e. The van der Waals surface area contributed by atoms with Gasteiger partial charge >= 0.3 is 6.18 Å². The summed E-state index contributed by atoms with van der Waals surface area (Å²) in [6.07, 6.45) is -0.766. The topological polar surface area (TPSA) is 50.7 Å². The summed E-state index contributed by atoms with van der Waals surface area (Å²) in [5, 5.41) is 4.73. The molecular formula is C17H15F3N4S. The van der Waals surface area contributed by atoms with E-state index in [0.29, 0.717) is 22.7 Å².